The minimum absolute atomic E-state index is 0.212. The molecule has 0 aliphatic carbocycles. The van der Waals surface area contributed by atoms with Crippen LogP contribution >= 0.6 is 0 Å². The van der Waals surface area contributed by atoms with E-state index < -0.39 is 17.9 Å². The molecule has 2 aromatic carbocycles. The van der Waals surface area contributed by atoms with Gasteiger partial charge in [-0.05, 0) is 54.3 Å². The third-order valence-electron chi connectivity index (χ3n) is 6.34. The van der Waals surface area contributed by atoms with E-state index in [9.17, 15) is 14.9 Å². The van der Waals surface area contributed by atoms with Crippen LogP contribution in [0.25, 0.3) is 6.08 Å². The van der Waals surface area contributed by atoms with Crippen molar-refractivity contribution in [1.29, 1.82) is 5.26 Å². The molecule has 2 saturated heterocycles. The minimum atomic E-state index is -0.653. The summed E-state index contributed by atoms with van der Waals surface area (Å²) in [4.78, 5) is 30.0. The maximum absolute atomic E-state index is 13.5. The number of anilines is 1. The van der Waals surface area contributed by atoms with Gasteiger partial charge in [0.05, 0.1) is 29.6 Å². The Morgan fingerprint density at radius 2 is 1.71 bits per heavy atom. The van der Waals surface area contributed by atoms with Gasteiger partial charge in [0, 0.05) is 6.20 Å². The molecular weight excluding hydrogens is 350 g/mol. The van der Waals surface area contributed by atoms with Crippen molar-refractivity contribution in [2.75, 3.05) is 4.90 Å². The Labute approximate surface area is 163 Å². The monoisotopic (exact) mass is 369 g/mol. The van der Waals surface area contributed by atoms with Gasteiger partial charge in [0.2, 0.25) is 11.8 Å². The molecule has 0 saturated carbocycles. The fraction of sp³-hybridized carbons (Fsp3) is 0.261. The summed E-state index contributed by atoms with van der Waals surface area (Å²) < 4.78 is 0. The first-order valence-electron chi connectivity index (χ1n) is 9.42. The Hall–Kier alpha value is -3.39. The van der Waals surface area contributed by atoms with Crippen molar-refractivity contribution < 1.29 is 9.59 Å². The first-order valence-corrected chi connectivity index (χ1v) is 9.42. The van der Waals surface area contributed by atoms with Crippen molar-refractivity contribution in [3.63, 3.8) is 0 Å². The Kier molecular flexibility index (Phi) is 3.47. The number of rotatable bonds is 1. The number of nitriles is 1. The number of benzene rings is 2. The second-order valence-corrected chi connectivity index (χ2v) is 7.74. The van der Waals surface area contributed by atoms with Gasteiger partial charge in [-0.2, -0.15) is 5.26 Å². The van der Waals surface area contributed by atoms with Crippen molar-refractivity contribution in [1.82, 2.24) is 4.90 Å². The molecule has 2 fully saturated rings. The van der Waals surface area contributed by atoms with Crippen LogP contribution < -0.4 is 4.90 Å². The average molecular weight is 369 g/mol. The minimum Gasteiger partial charge on any atom is -0.353 e. The molecule has 0 spiro atoms. The largest absolute Gasteiger partial charge is 0.353 e. The van der Waals surface area contributed by atoms with Gasteiger partial charge in [0.1, 0.15) is 6.04 Å². The second-order valence-electron chi connectivity index (χ2n) is 7.74. The molecule has 5 heteroatoms. The topological polar surface area (TPSA) is 64.4 Å². The highest BCUT2D eigenvalue weighted by Crippen LogP contribution is 2.52. The Bertz CT molecular complexity index is 1100. The fourth-order valence-corrected chi connectivity index (χ4v) is 4.82. The smallest absolute Gasteiger partial charge is 0.240 e. The van der Waals surface area contributed by atoms with Gasteiger partial charge in [-0.3, -0.25) is 9.59 Å². The van der Waals surface area contributed by atoms with Crippen LogP contribution in [0.15, 0.2) is 48.7 Å². The summed E-state index contributed by atoms with van der Waals surface area (Å²) in [5.41, 5.74) is 4.76. The maximum Gasteiger partial charge on any atom is 0.240 e. The number of carbonyl (C=O) groups excluding carboxylic acids is 2. The first kappa shape index (κ1) is 16.8. The Morgan fingerprint density at radius 3 is 2.46 bits per heavy atom. The standard InChI is InChI=1S/C23H19N3O2/c1-13-7-8-16(11-14(13)2)26-22(27)19-18(12-24)25-10-9-15-5-3-4-6-17(15)21(25)20(19)23(26)28/h3-11,18-21H,1-2H3/t18-,19+,20+,21+/m1/s1. The number of aryl methyl sites for hydroxylation is 2. The number of amides is 2. The molecule has 2 amide bonds. The zero-order chi connectivity index (χ0) is 19.6. The van der Waals surface area contributed by atoms with Crippen LogP contribution in [0.5, 0.6) is 0 Å². The quantitative estimate of drug-likeness (QED) is 0.723. The van der Waals surface area contributed by atoms with E-state index in [1.807, 2.05) is 73.5 Å². The average Bonchev–Trinajstić information content (AvgIpc) is 3.17. The molecule has 138 valence electrons. The maximum atomic E-state index is 13.5. The lowest BCUT2D eigenvalue weighted by Crippen LogP contribution is -2.40. The highest BCUT2D eigenvalue weighted by molar-refractivity contribution is 6.23. The summed E-state index contributed by atoms with van der Waals surface area (Å²) in [6, 6.07) is 14.8. The van der Waals surface area contributed by atoms with Crippen molar-refractivity contribution in [2.45, 2.75) is 25.9 Å². The predicted octanol–water partition coefficient (Wildman–Crippen LogP) is 3.34. The van der Waals surface area contributed by atoms with Crippen LogP contribution in [0.4, 0.5) is 5.69 Å². The van der Waals surface area contributed by atoms with Gasteiger partial charge >= 0.3 is 0 Å². The number of fused-ring (bicyclic) bond motifs is 5. The van der Waals surface area contributed by atoms with E-state index in [4.69, 9.17) is 0 Å². The summed E-state index contributed by atoms with van der Waals surface area (Å²) in [6.45, 7) is 3.96. The van der Waals surface area contributed by atoms with E-state index in [1.54, 1.807) is 0 Å². The Morgan fingerprint density at radius 1 is 0.964 bits per heavy atom. The van der Waals surface area contributed by atoms with Crippen LogP contribution in [0.1, 0.15) is 28.3 Å². The molecule has 4 atom stereocenters. The molecule has 0 radical (unpaired) electrons. The summed E-state index contributed by atoms with van der Waals surface area (Å²) in [5, 5.41) is 9.83. The van der Waals surface area contributed by atoms with Gasteiger partial charge in [-0.25, -0.2) is 4.90 Å². The molecule has 28 heavy (non-hydrogen) atoms. The number of nitrogens with zero attached hydrogens (tertiary/aromatic N) is 3. The zero-order valence-electron chi connectivity index (χ0n) is 15.7. The highest BCUT2D eigenvalue weighted by Gasteiger charge is 2.63. The fourth-order valence-electron chi connectivity index (χ4n) is 4.82. The van der Waals surface area contributed by atoms with Crippen molar-refractivity contribution in [2.24, 2.45) is 11.8 Å². The molecule has 3 aliphatic rings. The van der Waals surface area contributed by atoms with Crippen molar-refractivity contribution >= 4 is 23.6 Å². The highest BCUT2D eigenvalue weighted by atomic mass is 16.2. The lowest BCUT2D eigenvalue weighted by molar-refractivity contribution is -0.123. The summed E-state index contributed by atoms with van der Waals surface area (Å²) in [7, 11) is 0. The van der Waals surface area contributed by atoms with Crippen molar-refractivity contribution in [3.05, 3.63) is 70.9 Å². The molecule has 3 aliphatic heterocycles. The van der Waals surface area contributed by atoms with Crippen LogP contribution in [-0.4, -0.2) is 22.8 Å². The number of carbonyl (C=O) groups is 2. The number of hydrogen-bond acceptors (Lipinski definition) is 4. The zero-order valence-corrected chi connectivity index (χ0v) is 15.7. The third kappa shape index (κ3) is 2.06. The molecule has 2 aromatic rings. The van der Waals surface area contributed by atoms with Crippen LogP contribution in [-0.2, 0) is 9.59 Å². The third-order valence-corrected chi connectivity index (χ3v) is 6.34. The van der Waals surface area contributed by atoms with E-state index in [0.29, 0.717) is 5.69 Å². The lowest BCUT2D eigenvalue weighted by Gasteiger charge is -2.33. The van der Waals surface area contributed by atoms with Gasteiger partial charge < -0.3 is 4.90 Å². The van der Waals surface area contributed by atoms with Gasteiger partial charge in [0.25, 0.3) is 0 Å². The van der Waals surface area contributed by atoms with E-state index in [-0.39, 0.29) is 17.9 Å². The number of imide groups is 1. The number of hydrogen-bond donors (Lipinski definition) is 0. The van der Waals surface area contributed by atoms with Crippen LogP contribution in [0, 0.1) is 37.0 Å². The molecule has 5 rings (SSSR count). The van der Waals surface area contributed by atoms with E-state index in [1.165, 1.54) is 4.90 Å². The molecule has 0 bridgehead atoms. The Balaban J connectivity index is 1.63. The van der Waals surface area contributed by atoms with Gasteiger partial charge in [0.15, 0.2) is 0 Å². The summed E-state index contributed by atoms with van der Waals surface area (Å²) >= 11 is 0. The van der Waals surface area contributed by atoms with Gasteiger partial charge in [-0.1, -0.05) is 30.3 Å². The molecule has 0 N–H and O–H groups in total. The lowest BCUT2D eigenvalue weighted by atomic mass is 9.85. The molecule has 3 heterocycles. The summed E-state index contributed by atoms with van der Waals surface area (Å²) in [6.07, 6.45) is 3.81. The van der Waals surface area contributed by atoms with Crippen LogP contribution in [0.3, 0.4) is 0 Å². The first-order chi connectivity index (χ1) is 13.5. The van der Waals surface area contributed by atoms with Crippen molar-refractivity contribution in [3.8, 4) is 6.07 Å². The molecule has 0 unspecified atom stereocenters. The second kappa shape index (κ2) is 5.80. The van der Waals surface area contributed by atoms with Crippen LogP contribution in [0.2, 0.25) is 0 Å². The predicted molar refractivity (Wildman–Crippen MR) is 105 cm³/mol. The van der Waals surface area contributed by atoms with E-state index >= 15 is 0 Å². The molecular formula is C23H19N3O2. The van der Waals surface area contributed by atoms with E-state index in [0.717, 1.165) is 22.3 Å². The molecule has 0 aromatic heterocycles. The normalized spacial score (nSPS) is 27.5. The SMILES string of the molecule is Cc1ccc(N2C(=O)[C@@H]3[C@H](C2=O)[C@@H]2c4ccccc4C=CN2[C@@H]3C#N)cc1C. The van der Waals surface area contributed by atoms with Gasteiger partial charge in [-0.15, -0.1) is 0 Å². The molecule has 5 nitrogen and oxygen atoms in total. The van der Waals surface area contributed by atoms with E-state index in [2.05, 4.69) is 6.07 Å². The summed E-state index contributed by atoms with van der Waals surface area (Å²) in [5.74, 6) is -1.69.